The van der Waals surface area contributed by atoms with Gasteiger partial charge in [-0.25, -0.2) is 14.3 Å². The molecule has 0 spiro atoms. The lowest BCUT2D eigenvalue weighted by Gasteiger charge is -2.49. The zero-order chi connectivity index (χ0) is 25.1. The Kier molecular flexibility index (Phi) is 7.61. The highest BCUT2D eigenvalue weighted by atomic mass is 32.2. The minimum absolute atomic E-state index is 0.0814. The van der Waals surface area contributed by atoms with Crippen LogP contribution < -0.4 is 16.0 Å². The molecule has 2 aliphatic heterocycles. The number of tetrazole rings is 1. The molecular formula is C19H22N8O5S3. The van der Waals surface area contributed by atoms with Crippen molar-refractivity contribution in [2.45, 2.75) is 29.5 Å². The van der Waals surface area contributed by atoms with E-state index in [1.807, 2.05) is 0 Å². The first-order valence-electron chi connectivity index (χ1n) is 10.4. The van der Waals surface area contributed by atoms with Crippen molar-refractivity contribution < 1.29 is 24.3 Å². The van der Waals surface area contributed by atoms with Gasteiger partial charge >= 0.3 is 12.0 Å². The molecule has 2 aromatic heterocycles. The number of thiophene rings is 1. The molecule has 1 fully saturated rings. The first kappa shape index (κ1) is 25.0. The second-order valence-corrected chi connectivity index (χ2v) is 10.5. The number of hydrogen-bond acceptors (Lipinski definition) is 10. The van der Waals surface area contributed by atoms with Crippen molar-refractivity contribution in [3.8, 4) is 0 Å². The van der Waals surface area contributed by atoms with Crippen LogP contribution in [-0.4, -0.2) is 83.5 Å². The Balaban J connectivity index is 1.47. The first-order valence-corrected chi connectivity index (χ1v) is 13.4. The molecule has 2 unspecified atom stereocenters. The minimum Gasteiger partial charge on any atom is -0.477 e. The number of amides is 4. The number of carbonyl (C=O) groups excluding carboxylic acids is 3. The highest BCUT2D eigenvalue weighted by Gasteiger charge is 2.54. The number of nitrogens with zero attached hydrogens (tertiary/aromatic N) is 5. The van der Waals surface area contributed by atoms with E-state index in [1.54, 1.807) is 31.5 Å². The maximum atomic E-state index is 13.1. The van der Waals surface area contributed by atoms with Gasteiger partial charge in [-0.05, 0) is 34.4 Å². The number of carboxylic acid groups (broad SMARTS) is 1. The van der Waals surface area contributed by atoms with E-state index < -0.39 is 41.3 Å². The number of fused-ring (bicyclic) bond motifs is 1. The molecule has 0 saturated carbocycles. The number of carbonyl (C=O) groups is 4. The number of aryl methyl sites for hydroxylation is 1. The molecule has 0 aliphatic carbocycles. The maximum Gasteiger partial charge on any atom is 0.352 e. The van der Waals surface area contributed by atoms with Crippen molar-refractivity contribution in [3.05, 3.63) is 33.7 Å². The maximum absolute atomic E-state index is 13.1. The molecule has 13 nitrogen and oxygen atoms in total. The quantitative estimate of drug-likeness (QED) is 0.255. The molecule has 2 aromatic rings. The molecule has 0 radical (unpaired) electrons. The third-order valence-corrected chi connectivity index (χ3v) is 8.58. The summed E-state index contributed by atoms with van der Waals surface area (Å²) in [5.41, 5.74) is 0.487. The Morgan fingerprint density at radius 1 is 1.37 bits per heavy atom. The average Bonchev–Trinajstić information content (AvgIpc) is 3.50. The molecule has 186 valence electrons. The number of carboxylic acids is 1. The first-order chi connectivity index (χ1) is 16.8. The standard InChI is InChI=1S/C19H22N8O5S3/c1-3-20-18(32)22-11(10-5-4-6-33-10)14(28)21-12-15(29)27-13(17(30)31)9(7-34-16(12)27)8-35-19-23-24-25-26(19)2/h4-6,11-12,16H,3,7-8H2,1-2H3,(H,21,28)(H,30,31)(H2,20,22,32)/t11?,12-,16?/m0/s1. The molecule has 16 heteroatoms. The van der Waals surface area contributed by atoms with Crippen molar-refractivity contribution in [1.82, 2.24) is 41.1 Å². The van der Waals surface area contributed by atoms with Crippen LogP contribution in [0.3, 0.4) is 0 Å². The fraction of sp³-hybridized carbons (Fsp3) is 0.421. The van der Waals surface area contributed by atoms with E-state index in [2.05, 4.69) is 31.5 Å². The van der Waals surface area contributed by atoms with Crippen molar-refractivity contribution in [2.24, 2.45) is 7.05 Å². The second-order valence-electron chi connectivity index (χ2n) is 7.48. The van der Waals surface area contributed by atoms with Crippen molar-refractivity contribution in [1.29, 1.82) is 0 Å². The van der Waals surface area contributed by atoms with Gasteiger partial charge in [0, 0.05) is 30.0 Å². The molecule has 3 atom stereocenters. The Bertz CT molecular complexity index is 1170. The predicted molar refractivity (Wildman–Crippen MR) is 128 cm³/mol. The summed E-state index contributed by atoms with van der Waals surface area (Å²) in [6, 6.07) is 1.07. The second kappa shape index (κ2) is 10.7. The topological polar surface area (TPSA) is 171 Å². The number of nitrogens with one attached hydrogen (secondary N) is 3. The van der Waals surface area contributed by atoms with E-state index in [9.17, 15) is 24.3 Å². The van der Waals surface area contributed by atoms with Gasteiger partial charge < -0.3 is 21.1 Å². The number of aromatic nitrogens is 4. The monoisotopic (exact) mass is 538 g/mol. The summed E-state index contributed by atoms with van der Waals surface area (Å²) in [6.07, 6.45) is 0. The van der Waals surface area contributed by atoms with Crippen LogP contribution in [0.25, 0.3) is 0 Å². The highest BCUT2D eigenvalue weighted by Crippen LogP contribution is 2.41. The molecule has 4 heterocycles. The summed E-state index contributed by atoms with van der Waals surface area (Å²) in [5.74, 6) is -1.61. The predicted octanol–water partition coefficient (Wildman–Crippen LogP) is 0.163. The van der Waals surface area contributed by atoms with E-state index in [1.165, 1.54) is 44.4 Å². The van der Waals surface area contributed by atoms with Crippen LogP contribution in [0.5, 0.6) is 0 Å². The smallest absolute Gasteiger partial charge is 0.352 e. The zero-order valence-electron chi connectivity index (χ0n) is 18.6. The number of β-lactam (4-membered cyclic amide) rings is 1. The average molecular weight is 539 g/mol. The number of urea groups is 1. The summed E-state index contributed by atoms with van der Waals surface area (Å²) in [7, 11) is 1.68. The molecule has 4 N–H and O–H groups in total. The molecule has 4 amide bonds. The zero-order valence-corrected chi connectivity index (χ0v) is 21.1. The van der Waals surface area contributed by atoms with E-state index in [0.717, 1.165) is 0 Å². The molecular weight excluding hydrogens is 516 g/mol. The van der Waals surface area contributed by atoms with Gasteiger partial charge in [0.15, 0.2) is 0 Å². The van der Waals surface area contributed by atoms with Gasteiger partial charge in [0.25, 0.3) is 5.91 Å². The van der Waals surface area contributed by atoms with Crippen molar-refractivity contribution >= 4 is 58.7 Å². The summed E-state index contributed by atoms with van der Waals surface area (Å²) in [5, 5.41) is 30.7. The van der Waals surface area contributed by atoms with E-state index in [-0.39, 0.29) is 5.70 Å². The molecule has 2 aliphatic rings. The lowest BCUT2D eigenvalue weighted by Crippen LogP contribution is -2.71. The summed E-state index contributed by atoms with van der Waals surface area (Å²) < 4.78 is 1.48. The van der Waals surface area contributed by atoms with Gasteiger partial charge in [0.2, 0.25) is 11.1 Å². The third-order valence-electron chi connectivity index (χ3n) is 5.21. The van der Waals surface area contributed by atoms with Crippen molar-refractivity contribution in [3.63, 3.8) is 0 Å². The molecule has 0 bridgehead atoms. The number of aliphatic carboxylic acids is 1. The van der Waals surface area contributed by atoms with E-state index >= 15 is 0 Å². The highest BCUT2D eigenvalue weighted by molar-refractivity contribution is 8.01. The van der Waals surface area contributed by atoms with Gasteiger partial charge in [-0.3, -0.25) is 14.5 Å². The number of rotatable bonds is 9. The Morgan fingerprint density at radius 3 is 2.80 bits per heavy atom. The fourth-order valence-corrected chi connectivity index (χ4v) is 6.70. The van der Waals surface area contributed by atoms with Crippen LogP contribution in [0.2, 0.25) is 0 Å². The number of thioether (sulfide) groups is 2. The van der Waals surface area contributed by atoms with E-state index in [4.69, 9.17) is 0 Å². The summed E-state index contributed by atoms with van der Waals surface area (Å²) in [6.45, 7) is 2.14. The van der Waals surface area contributed by atoms with Crippen LogP contribution in [-0.2, 0) is 21.4 Å². The minimum atomic E-state index is -1.21. The van der Waals surface area contributed by atoms with Gasteiger partial charge in [-0.1, -0.05) is 17.8 Å². The number of hydrogen-bond donors (Lipinski definition) is 4. The Labute approximate surface area is 212 Å². The molecule has 0 aromatic carbocycles. The third kappa shape index (κ3) is 5.13. The summed E-state index contributed by atoms with van der Waals surface area (Å²) >= 11 is 3.94. The Morgan fingerprint density at radius 2 is 2.17 bits per heavy atom. The molecule has 1 saturated heterocycles. The Hall–Kier alpha value is -3.11. The van der Waals surface area contributed by atoms with Gasteiger partial charge in [0.05, 0.1) is 0 Å². The van der Waals surface area contributed by atoms with Crippen LogP contribution in [0, 0.1) is 0 Å². The lowest BCUT2D eigenvalue weighted by molar-refractivity contribution is -0.150. The van der Waals surface area contributed by atoms with Crippen LogP contribution in [0.4, 0.5) is 4.79 Å². The van der Waals surface area contributed by atoms with Crippen LogP contribution >= 0.6 is 34.9 Å². The molecule has 4 rings (SSSR count). The fourth-order valence-electron chi connectivity index (χ4n) is 3.59. The van der Waals surface area contributed by atoms with Crippen molar-refractivity contribution in [2.75, 3.05) is 18.1 Å². The van der Waals surface area contributed by atoms with Gasteiger partial charge in [-0.2, -0.15) is 0 Å². The van der Waals surface area contributed by atoms with Crippen LogP contribution in [0.1, 0.15) is 17.8 Å². The SMILES string of the molecule is CCNC(=O)NC(C(=O)N[C@H]1C(=O)N2C(C(=O)O)=C(CSc3nnnn3C)CSC12)c1cccs1. The lowest BCUT2D eigenvalue weighted by atomic mass is 10.0. The largest absolute Gasteiger partial charge is 0.477 e. The van der Waals surface area contributed by atoms with Crippen LogP contribution in [0.15, 0.2) is 33.9 Å². The van der Waals surface area contributed by atoms with E-state index in [0.29, 0.717) is 33.7 Å². The summed E-state index contributed by atoms with van der Waals surface area (Å²) in [4.78, 5) is 52.0. The normalized spacial score (nSPS) is 20.1. The van der Waals surface area contributed by atoms with Gasteiger partial charge in [-0.15, -0.1) is 28.2 Å². The molecule has 35 heavy (non-hydrogen) atoms. The van der Waals surface area contributed by atoms with Gasteiger partial charge in [0.1, 0.15) is 23.2 Å².